The number of hydrogen-bond donors (Lipinski definition) is 0. The molecule has 0 aliphatic heterocycles. The van der Waals surface area contributed by atoms with Crippen LogP contribution in [0.15, 0.2) is 36.5 Å². The van der Waals surface area contributed by atoms with Gasteiger partial charge < -0.3 is 4.74 Å². The summed E-state index contributed by atoms with van der Waals surface area (Å²) in [6.07, 6.45) is 3.07. The lowest BCUT2D eigenvalue weighted by Crippen LogP contribution is -2.05. The van der Waals surface area contributed by atoms with E-state index in [0.29, 0.717) is 6.29 Å². The maximum absolute atomic E-state index is 10.9. The van der Waals surface area contributed by atoms with Crippen molar-refractivity contribution in [1.29, 1.82) is 0 Å². The van der Waals surface area contributed by atoms with Gasteiger partial charge in [0.2, 0.25) is 0 Å². The Hall–Kier alpha value is -1.64. The van der Waals surface area contributed by atoms with E-state index in [1.54, 1.807) is 0 Å². The van der Waals surface area contributed by atoms with Gasteiger partial charge in [-0.3, -0.25) is 4.79 Å². The zero-order valence-corrected chi connectivity index (χ0v) is 6.87. The molecule has 0 heterocycles. The molecule has 0 fully saturated rings. The minimum Gasteiger partial charge on any atom is -0.465 e. The highest BCUT2D eigenvalue weighted by Crippen LogP contribution is 2.06. The van der Waals surface area contributed by atoms with Gasteiger partial charge in [0.1, 0.15) is 0 Å². The summed E-state index contributed by atoms with van der Waals surface area (Å²) in [5.74, 6) is -0.591. The normalized spacial score (nSPS) is 11.1. The van der Waals surface area contributed by atoms with E-state index in [2.05, 4.69) is 17.9 Å². The first-order valence-electron chi connectivity index (χ1n) is 3.23. The van der Waals surface area contributed by atoms with Crippen LogP contribution < -0.4 is 0 Å². The largest absolute Gasteiger partial charge is 0.465 e. The lowest BCUT2D eigenvalue weighted by molar-refractivity contribution is -0.135. The van der Waals surface area contributed by atoms with Crippen LogP contribution in [0.3, 0.4) is 0 Å². The molecule has 3 heteroatoms. The Kier molecular flexibility index (Phi) is 4.38. The van der Waals surface area contributed by atoms with E-state index in [0.717, 1.165) is 0 Å². The summed E-state index contributed by atoms with van der Waals surface area (Å²) in [6.45, 7) is 6.75. The lowest BCUT2D eigenvalue weighted by Gasteiger charge is -2.00. The Morgan fingerprint density at radius 2 is 1.92 bits per heavy atom. The highest BCUT2D eigenvalue weighted by molar-refractivity contribution is 5.99. The third kappa shape index (κ3) is 2.20. The molecule has 0 aromatic rings. The minimum absolute atomic E-state index is 0.127. The van der Waals surface area contributed by atoms with Crippen molar-refractivity contribution in [3.63, 3.8) is 0 Å². The predicted molar refractivity (Wildman–Crippen MR) is 45.5 cm³/mol. The topological polar surface area (TPSA) is 43.4 Å². The van der Waals surface area contributed by atoms with Crippen LogP contribution in [0.5, 0.6) is 0 Å². The SMILES string of the molecule is C=C/C(C=O)=C(\C=C)C(=O)OC. The van der Waals surface area contributed by atoms with Crippen LogP contribution in [0.1, 0.15) is 0 Å². The average Bonchev–Trinajstić information content (AvgIpc) is 2.12. The quantitative estimate of drug-likeness (QED) is 0.271. The van der Waals surface area contributed by atoms with Crippen LogP contribution in [0, 0.1) is 0 Å². The first-order chi connectivity index (χ1) is 5.71. The fourth-order valence-electron chi connectivity index (χ4n) is 0.651. The number of rotatable bonds is 4. The number of hydrogen-bond acceptors (Lipinski definition) is 3. The highest BCUT2D eigenvalue weighted by atomic mass is 16.5. The second-order valence-corrected chi connectivity index (χ2v) is 1.89. The fourth-order valence-corrected chi connectivity index (χ4v) is 0.651. The molecule has 64 valence electrons. The molecule has 0 aliphatic carbocycles. The van der Waals surface area contributed by atoms with Crippen LogP contribution in [-0.2, 0) is 14.3 Å². The molecule has 0 aromatic heterocycles. The van der Waals surface area contributed by atoms with Crippen LogP contribution in [0.4, 0.5) is 0 Å². The third-order valence-electron chi connectivity index (χ3n) is 1.27. The molecule has 3 nitrogen and oxygen atoms in total. The maximum Gasteiger partial charge on any atom is 0.338 e. The maximum atomic E-state index is 10.9. The molecular weight excluding hydrogens is 156 g/mol. The monoisotopic (exact) mass is 166 g/mol. The Bertz CT molecular complexity index is 238. The number of methoxy groups -OCH3 is 1. The van der Waals surface area contributed by atoms with Crippen molar-refractivity contribution in [2.24, 2.45) is 0 Å². The zero-order valence-electron chi connectivity index (χ0n) is 6.87. The van der Waals surface area contributed by atoms with Crippen LogP contribution >= 0.6 is 0 Å². The van der Waals surface area contributed by atoms with Gasteiger partial charge in [-0.05, 0) is 0 Å². The molecule has 0 atom stereocenters. The summed E-state index contributed by atoms with van der Waals surface area (Å²) in [5, 5.41) is 0. The van der Waals surface area contributed by atoms with Crippen molar-refractivity contribution >= 4 is 12.3 Å². The Labute approximate surface area is 71.0 Å². The van der Waals surface area contributed by atoms with Gasteiger partial charge in [-0.25, -0.2) is 4.79 Å². The van der Waals surface area contributed by atoms with E-state index in [1.165, 1.54) is 19.3 Å². The molecule has 0 aliphatic rings. The number of allylic oxidation sites excluding steroid dienone is 2. The second-order valence-electron chi connectivity index (χ2n) is 1.89. The second kappa shape index (κ2) is 5.07. The fraction of sp³-hybridized carbons (Fsp3) is 0.111. The molecule has 0 bridgehead atoms. The summed E-state index contributed by atoms with van der Waals surface area (Å²) >= 11 is 0. The summed E-state index contributed by atoms with van der Waals surface area (Å²) in [6, 6.07) is 0. The molecular formula is C9H10O3. The van der Waals surface area contributed by atoms with Crippen LogP contribution in [0.2, 0.25) is 0 Å². The van der Waals surface area contributed by atoms with Gasteiger partial charge in [0, 0.05) is 5.57 Å². The third-order valence-corrected chi connectivity index (χ3v) is 1.27. The van der Waals surface area contributed by atoms with E-state index in [9.17, 15) is 9.59 Å². The Balaban J connectivity index is 5.07. The molecule has 0 amide bonds. The number of carbonyl (C=O) groups excluding carboxylic acids is 2. The summed E-state index contributed by atoms with van der Waals surface area (Å²) in [4.78, 5) is 21.3. The number of ether oxygens (including phenoxy) is 1. The Morgan fingerprint density at radius 1 is 1.33 bits per heavy atom. The lowest BCUT2D eigenvalue weighted by atomic mass is 10.1. The number of carbonyl (C=O) groups is 2. The van der Waals surface area contributed by atoms with Crippen molar-refractivity contribution in [2.75, 3.05) is 7.11 Å². The van der Waals surface area contributed by atoms with Gasteiger partial charge in [0.25, 0.3) is 0 Å². The predicted octanol–water partition coefficient (Wildman–Crippen LogP) is 1.03. The molecule has 0 N–H and O–H groups in total. The number of aldehydes is 1. The van der Waals surface area contributed by atoms with Gasteiger partial charge in [-0.1, -0.05) is 25.3 Å². The smallest absolute Gasteiger partial charge is 0.338 e. The van der Waals surface area contributed by atoms with Crippen LogP contribution in [-0.4, -0.2) is 19.4 Å². The summed E-state index contributed by atoms with van der Waals surface area (Å²) in [7, 11) is 1.23. The molecule has 0 aromatic carbocycles. The first kappa shape index (κ1) is 10.4. The standard InChI is InChI=1S/C9H10O3/c1-4-7(6-10)8(5-2)9(11)12-3/h4-6H,1-2H2,3H3/b8-7-. The molecule has 0 saturated carbocycles. The number of esters is 1. The molecule has 0 radical (unpaired) electrons. The van der Waals surface area contributed by atoms with Crippen molar-refractivity contribution < 1.29 is 14.3 Å². The van der Waals surface area contributed by atoms with E-state index >= 15 is 0 Å². The summed E-state index contributed by atoms with van der Waals surface area (Å²) < 4.78 is 4.41. The summed E-state index contributed by atoms with van der Waals surface area (Å²) in [5.41, 5.74) is 0.305. The van der Waals surface area contributed by atoms with E-state index < -0.39 is 5.97 Å². The first-order valence-corrected chi connectivity index (χ1v) is 3.23. The molecule has 0 saturated heterocycles. The van der Waals surface area contributed by atoms with Crippen molar-refractivity contribution in [3.05, 3.63) is 36.5 Å². The Morgan fingerprint density at radius 3 is 2.17 bits per heavy atom. The minimum atomic E-state index is -0.591. The van der Waals surface area contributed by atoms with Crippen molar-refractivity contribution in [2.45, 2.75) is 0 Å². The van der Waals surface area contributed by atoms with Gasteiger partial charge in [-0.2, -0.15) is 0 Å². The van der Waals surface area contributed by atoms with E-state index in [4.69, 9.17) is 0 Å². The van der Waals surface area contributed by atoms with Gasteiger partial charge in [0.15, 0.2) is 6.29 Å². The van der Waals surface area contributed by atoms with Crippen molar-refractivity contribution in [1.82, 2.24) is 0 Å². The molecule has 0 rings (SSSR count). The van der Waals surface area contributed by atoms with Gasteiger partial charge in [-0.15, -0.1) is 0 Å². The van der Waals surface area contributed by atoms with Gasteiger partial charge in [0.05, 0.1) is 12.7 Å². The van der Waals surface area contributed by atoms with E-state index in [1.807, 2.05) is 0 Å². The molecule has 12 heavy (non-hydrogen) atoms. The zero-order chi connectivity index (χ0) is 9.56. The molecule has 0 spiro atoms. The highest BCUT2D eigenvalue weighted by Gasteiger charge is 2.09. The van der Waals surface area contributed by atoms with Gasteiger partial charge >= 0.3 is 5.97 Å². The van der Waals surface area contributed by atoms with E-state index in [-0.39, 0.29) is 11.1 Å². The average molecular weight is 166 g/mol. The van der Waals surface area contributed by atoms with Crippen LogP contribution in [0.25, 0.3) is 0 Å². The van der Waals surface area contributed by atoms with Crippen molar-refractivity contribution in [3.8, 4) is 0 Å². The molecule has 0 unspecified atom stereocenters.